The van der Waals surface area contributed by atoms with Gasteiger partial charge in [0.25, 0.3) is 5.91 Å². The van der Waals surface area contributed by atoms with E-state index in [1.54, 1.807) is 12.1 Å². The second kappa shape index (κ2) is 7.74. The molecule has 2 aromatic carbocycles. The minimum atomic E-state index is -0.251. The van der Waals surface area contributed by atoms with Gasteiger partial charge in [-0.25, -0.2) is 4.98 Å². The van der Waals surface area contributed by atoms with Crippen LogP contribution in [0.1, 0.15) is 21.9 Å². The molecule has 0 spiro atoms. The lowest BCUT2D eigenvalue weighted by Gasteiger charge is -2.07. The molecule has 0 aliphatic heterocycles. The molecule has 1 amide bonds. The van der Waals surface area contributed by atoms with Crippen molar-refractivity contribution in [3.05, 3.63) is 96.2 Å². The van der Waals surface area contributed by atoms with Crippen LogP contribution < -0.4 is 5.32 Å². The van der Waals surface area contributed by atoms with Gasteiger partial charge in [0, 0.05) is 6.54 Å². The molecule has 0 fully saturated rings. The highest BCUT2D eigenvalue weighted by atomic mass is 16.3. The third kappa shape index (κ3) is 3.82. The topological polar surface area (TPSA) is 60.1 Å². The van der Waals surface area contributed by atoms with Crippen molar-refractivity contribution in [2.45, 2.75) is 13.1 Å². The number of para-hydroxylation sites is 2. The van der Waals surface area contributed by atoms with E-state index in [1.807, 2.05) is 42.5 Å². The number of rotatable bonds is 6. The molecule has 27 heavy (non-hydrogen) atoms. The number of hydrogen-bond acceptors (Lipinski definition) is 3. The van der Waals surface area contributed by atoms with Crippen molar-refractivity contribution in [2.75, 3.05) is 0 Å². The van der Waals surface area contributed by atoms with E-state index < -0.39 is 0 Å². The Bertz CT molecular complexity index is 1060. The lowest BCUT2D eigenvalue weighted by Crippen LogP contribution is -2.24. The van der Waals surface area contributed by atoms with Gasteiger partial charge in [-0.15, -0.1) is 0 Å². The second-order valence-electron chi connectivity index (χ2n) is 6.10. The number of fused-ring (bicyclic) bond motifs is 1. The molecule has 4 aromatic rings. The summed E-state index contributed by atoms with van der Waals surface area (Å²) in [5, 5.41) is 2.87. The third-order valence-electron chi connectivity index (χ3n) is 4.28. The molecule has 0 unspecified atom stereocenters. The van der Waals surface area contributed by atoms with Gasteiger partial charge in [0.2, 0.25) is 0 Å². The summed E-state index contributed by atoms with van der Waals surface area (Å²) in [4.78, 5) is 16.8. The van der Waals surface area contributed by atoms with Crippen LogP contribution in [0.25, 0.3) is 17.1 Å². The molecular formula is C22H19N3O2. The van der Waals surface area contributed by atoms with Crippen LogP contribution in [0.5, 0.6) is 0 Å². The number of imidazole rings is 1. The molecule has 2 heterocycles. The van der Waals surface area contributed by atoms with E-state index in [1.165, 1.54) is 6.26 Å². The fourth-order valence-electron chi connectivity index (χ4n) is 2.98. The monoisotopic (exact) mass is 357 g/mol. The van der Waals surface area contributed by atoms with Crippen LogP contribution in [0.3, 0.4) is 0 Å². The fourth-order valence-corrected chi connectivity index (χ4v) is 2.98. The summed E-state index contributed by atoms with van der Waals surface area (Å²) in [7, 11) is 0. The molecule has 0 saturated heterocycles. The first-order chi connectivity index (χ1) is 13.3. The molecule has 0 bridgehead atoms. The van der Waals surface area contributed by atoms with Crippen molar-refractivity contribution in [3.8, 4) is 0 Å². The summed E-state index contributed by atoms with van der Waals surface area (Å²) < 4.78 is 7.24. The van der Waals surface area contributed by atoms with Crippen molar-refractivity contribution in [3.63, 3.8) is 0 Å². The number of hydrogen-bond donors (Lipinski definition) is 1. The van der Waals surface area contributed by atoms with E-state index in [-0.39, 0.29) is 5.91 Å². The quantitative estimate of drug-likeness (QED) is 0.560. The lowest BCUT2D eigenvalue weighted by molar-refractivity contribution is 0.0922. The van der Waals surface area contributed by atoms with Crippen molar-refractivity contribution in [2.24, 2.45) is 0 Å². The molecule has 0 saturated carbocycles. The maximum Gasteiger partial charge on any atom is 0.287 e. The summed E-state index contributed by atoms with van der Waals surface area (Å²) >= 11 is 0. The minimum absolute atomic E-state index is 0.251. The summed E-state index contributed by atoms with van der Waals surface area (Å²) in [6, 6.07) is 21.5. The van der Waals surface area contributed by atoms with Crippen molar-refractivity contribution in [1.82, 2.24) is 14.9 Å². The Hall–Kier alpha value is -3.60. The first kappa shape index (κ1) is 16.8. The summed E-state index contributed by atoms with van der Waals surface area (Å²) in [5.41, 5.74) is 3.10. The van der Waals surface area contributed by atoms with Gasteiger partial charge in [0.1, 0.15) is 5.82 Å². The van der Waals surface area contributed by atoms with E-state index in [2.05, 4.69) is 39.2 Å². The Morgan fingerprint density at radius 2 is 1.85 bits per heavy atom. The number of aromatic nitrogens is 2. The second-order valence-corrected chi connectivity index (χ2v) is 6.10. The Balaban J connectivity index is 1.55. The van der Waals surface area contributed by atoms with Gasteiger partial charge in [0.15, 0.2) is 5.76 Å². The minimum Gasteiger partial charge on any atom is -0.459 e. The van der Waals surface area contributed by atoms with Crippen LogP contribution in [0.2, 0.25) is 0 Å². The zero-order valence-electron chi connectivity index (χ0n) is 14.7. The Morgan fingerprint density at radius 1 is 1.04 bits per heavy atom. The smallest absolute Gasteiger partial charge is 0.287 e. The number of carbonyl (C=O) groups is 1. The van der Waals surface area contributed by atoms with E-state index in [9.17, 15) is 4.79 Å². The lowest BCUT2D eigenvalue weighted by atomic mass is 10.2. The molecule has 0 atom stereocenters. The van der Waals surface area contributed by atoms with Crippen LogP contribution in [0, 0.1) is 0 Å². The van der Waals surface area contributed by atoms with Crippen LogP contribution in [0.4, 0.5) is 0 Å². The number of furan rings is 1. The van der Waals surface area contributed by atoms with Crippen molar-refractivity contribution < 1.29 is 9.21 Å². The molecule has 1 N–H and O–H groups in total. The highest BCUT2D eigenvalue weighted by Gasteiger charge is 2.12. The summed E-state index contributed by atoms with van der Waals surface area (Å²) in [5.74, 6) is 0.842. The molecule has 5 heteroatoms. The van der Waals surface area contributed by atoms with Gasteiger partial charge in [-0.2, -0.15) is 0 Å². The van der Waals surface area contributed by atoms with Crippen molar-refractivity contribution >= 4 is 23.0 Å². The molecule has 0 radical (unpaired) electrons. The third-order valence-corrected chi connectivity index (χ3v) is 4.28. The molecule has 0 aliphatic rings. The number of benzene rings is 2. The molecule has 134 valence electrons. The van der Waals surface area contributed by atoms with Crippen LogP contribution >= 0.6 is 0 Å². The van der Waals surface area contributed by atoms with Crippen LogP contribution in [-0.4, -0.2) is 15.5 Å². The maximum atomic E-state index is 12.1. The zero-order chi connectivity index (χ0) is 18.5. The molecular weight excluding hydrogens is 338 g/mol. The molecule has 0 aliphatic carbocycles. The highest BCUT2D eigenvalue weighted by molar-refractivity contribution is 5.91. The molecule has 2 aromatic heterocycles. The average Bonchev–Trinajstić information content (AvgIpc) is 3.36. The number of nitrogens with zero attached hydrogens (tertiary/aromatic N) is 2. The average molecular weight is 357 g/mol. The first-order valence-electron chi connectivity index (χ1n) is 8.79. The van der Waals surface area contributed by atoms with Gasteiger partial charge < -0.3 is 14.3 Å². The SMILES string of the molecule is O=C(NCc1nc2ccccc2n1CC=Cc1ccccc1)c1ccco1. The summed E-state index contributed by atoms with van der Waals surface area (Å²) in [6.07, 6.45) is 5.67. The van der Waals surface area contributed by atoms with Gasteiger partial charge in [-0.05, 0) is 29.8 Å². The predicted octanol–water partition coefficient (Wildman–Crippen LogP) is 4.27. The summed E-state index contributed by atoms with van der Waals surface area (Å²) in [6.45, 7) is 0.995. The van der Waals surface area contributed by atoms with Crippen molar-refractivity contribution in [1.29, 1.82) is 0 Å². The van der Waals surface area contributed by atoms with E-state index in [0.29, 0.717) is 18.8 Å². The first-order valence-corrected chi connectivity index (χ1v) is 8.79. The van der Waals surface area contributed by atoms with E-state index in [4.69, 9.17) is 4.42 Å². The number of amides is 1. The van der Waals surface area contributed by atoms with Crippen LogP contribution in [0.15, 0.2) is 83.5 Å². The van der Waals surface area contributed by atoms with Gasteiger partial charge >= 0.3 is 0 Å². The number of allylic oxidation sites excluding steroid dienone is 1. The Morgan fingerprint density at radius 3 is 2.67 bits per heavy atom. The predicted molar refractivity (Wildman–Crippen MR) is 105 cm³/mol. The van der Waals surface area contributed by atoms with Gasteiger partial charge in [0.05, 0.1) is 23.8 Å². The van der Waals surface area contributed by atoms with Gasteiger partial charge in [-0.1, -0.05) is 54.6 Å². The zero-order valence-corrected chi connectivity index (χ0v) is 14.7. The van der Waals surface area contributed by atoms with E-state index >= 15 is 0 Å². The normalized spacial score (nSPS) is 11.3. The van der Waals surface area contributed by atoms with Gasteiger partial charge in [-0.3, -0.25) is 4.79 Å². The largest absolute Gasteiger partial charge is 0.459 e. The Kier molecular flexibility index (Phi) is 4.83. The highest BCUT2D eigenvalue weighted by Crippen LogP contribution is 2.17. The van der Waals surface area contributed by atoms with E-state index in [0.717, 1.165) is 22.4 Å². The fraction of sp³-hybridized carbons (Fsp3) is 0.0909. The number of nitrogens with one attached hydrogen (secondary N) is 1. The Labute approximate surface area is 157 Å². The van der Waals surface area contributed by atoms with Crippen LogP contribution in [-0.2, 0) is 13.1 Å². The molecule has 4 rings (SSSR count). The standard InChI is InChI=1S/C22H19N3O2/c26-22(20-13-7-15-27-20)23-16-21-24-18-11-4-5-12-19(18)25(21)14-6-10-17-8-2-1-3-9-17/h1-13,15H,14,16H2,(H,23,26). The molecule has 5 nitrogen and oxygen atoms in total. The number of carbonyl (C=O) groups excluding carboxylic acids is 1. The maximum absolute atomic E-state index is 12.1.